The van der Waals surface area contributed by atoms with E-state index >= 15 is 0 Å². The fourth-order valence-electron chi connectivity index (χ4n) is 4.95. The molecule has 0 unspecified atom stereocenters. The van der Waals surface area contributed by atoms with Gasteiger partial charge in [0.25, 0.3) is 8.32 Å². The van der Waals surface area contributed by atoms with Crippen molar-refractivity contribution in [1.29, 1.82) is 0 Å². The molecule has 1 aliphatic carbocycles. The summed E-state index contributed by atoms with van der Waals surface area (Å²) in [6.45, 7) is 4.46. The zero-order valence-corrected chi connectivity index (χ0v) is 18.2. The molecule has 4 heteroatoms. The first-order valence-corrected chi connectivity index (χ1v) is 12.2. The number of carbonyl (C=O) groups excluding carboxylic acids is 1. The van der Waals surface area contributed by atoms with Gasteiger partial charge in [-0.05, 0) is 53.4 Å². The predicted molar refractivity (Wildman–Crippen MR) is 116 cm³/mol. The molecule has 0 spiro atoms. The van der Waals surface area contributed by atoms with Gasteiger partial charge in [-0.1, -0.05) is 74.5 Å². The van der Waals surface area contributed by atoms with Crippen LogP contribution in [-0.4, -0.2) is 26.2 Å². The Hall–Kier alpha value is -1.91. The summed E-state index contributed by atoms with van der Waals surface area (Å²) in [5.41, 5.74) is 0. The van der Waals surface area contributed by atoms with E-state index in [0.29, 0.717) is 5.92 Å². The van der Waals surface area contributed by atoms with Gasteiger partial charge in [0.05, 0.1) is 13.0 Å². The molecule has 28 heavy (non-hydrogen) atoms. The summed E-state index contributed by atoms with van der Waals surface area (Å²) in [6.07, 6.45) is 4.80. The third kappa shape index (κ3) is 4.08. The van der Waals surface area contributed by atoms with Gasteiger partial charge in [-0.25, -0.2) is 0 Å². The number of rotatable bonds is 6. The number of ether oxygens (including phenoxy) is 1. The van der Waals surface area contributed by atoms with Crippen LogP contribution < -0.4 is 10.4 Å². The molecule has 1 fully saturated rings. The topological polar surface area (TPSA) is 46.5 Å². The van der Waals surface area contributed by atoms with Gasteiger partial charge < -0.3 is 9.53 Å². The van der Waals surface area contributed by atoms with Gasteiger partial charge in [0, 0.05) is 0 Å². The Kier molecular flexibility index (Phi) is 6.41. The molecule has 2 aromatic rings. The lowest BCUT2D eigenvalue weighted by atomic mass is 9.78. The number of hydrogen-bond acceptors (Lipinski definition) is 3. The molecule has 1 N–H and O–H groups in total. The standard InChI is InChI=1S/C24H32O3Si/c1-24(2,18-19-14-16-20(17-15-19)23(25)27-3)28(26,21-10-6-4-7-11-21)22-12-8-5-9-13-22/h4-13,19-20,26H,14-18H2,1-3H3. The predicted octanol–water partition coefficient (Wildman–Crippen LogP) is 3.89. The molecule has 1 saturated carbocycles. The lowest BCUT2D eigenvalue weighted by Crippen LogP contribution is -2.65. The SMILES string of the molecule is COC(=O)C1CCC(CC(C)(C)[Si](O)(c2ccccc2)c2ccccc2)CC1. The average molecular weight is 397 g/mol. The molecule has 3 nitrogen and oxygen atoms in total. The molecule has 150 valence electrons. The molecule has 0 heterocycles. The molecule has 0 radical (unpaired) electrons. The quantitative estimate of drug-likeness (QED) is 0.595. The Balaban J connectivity index is 1.85. The van der Waals surface area contributed by atoms with Crippen molar-refractivity contribution in [2.75, 3.05) is 7.11 Å². The largest absolute Gasteiger partial charge is 0.469 e. The van der Waals surface area contributed by atoms with Crippen LogP contribution in [0.3, 0.4) is 0 Å². The first-order chi connectivity index (χ1) is 13.4. The van der Waals surface area contributed by atoms with Crippen LogP contribution in [-0.2, 0) is 9.53 Å². The number of methoxy groups -OCH3 is 1. The van der Waals surface area contributed by atoms with Crippen LogP contribution in [0.5, 0.6) is 0 Å². The summed E-state index contributed by atoms with van der Waals surface area (Å²) in [7, 11) is -1.48. The van der Waals surface area contributed by atoms with Crippen molar-refractivity contribution >= 4 is 24.7 Å². The van der Waals surface area contributed by atoms with Gasteiger partial charge in [-0.15, -0.1) is 0 Å². The molecular formula is C24H32O3Si. The zero-order valence-electron chi connectivity index (χ0n) is 17.2. The van der Waals surface area contributed by atoms with Crippen LogP contribution in [0.2, 0.25) is 5.04 Å². The minimum absolute atomic E-state index is 0.0451. The maximum Gasteiger partial charge on any atom is 0.308 e. The number of esters is 1. The van der Waals surface area contributed by atoms with Crippen LogP contribution in [0.15, 0.2) is 60.7 Å². The normalized spacial score (nSPS) is 20.6. The first-order valence-electron chi connectivity index (χ1n) is 10.3. The highest BCUT2D eigenvalue weighted by atomic mass is 28.4. The zero-order chi connectivity index (χ0) is 20.2. The van der Waals surface area contributed by atoms with E-state index in [1.165, 1.54) is 7.11 Å². The maximum absolute atomic E-state index is 12.3. The molecule has 0 amide bonds. The van der Waals surface area contributed by atoms with Crippen LogP contribution in [0.4, 0.5) is 0 Å². The molecule has 0 aliphatic heterocycles. The Bertz CT molecular complexity index is 725. The molecule has 0 atom stereocenters. The molecule has 0 bridgehead atoms. The van der Waals surface area contributed by atoms with E-state index in [4.69, 9.17) is 4.74 Å². The van der Waals surface area contributed by atoms with Gasteiger partial charge in [0.15, 0.2) is 0 Å². The van der Waals surface area contributed by atoms with Gasteiger partial charge in [0.1, 0.15) is 0 Å². The smallest absolute Gasteiger partial charge is 0.308 e. The Morgan fingerprint density at radius 1 is 0.964 bits per heavy atom. The van der Waals surface area contributed by atoms with Crippen LogP contribution in [0.1, 0.15) is 46.0 Å². The van der Waals surface area contributed by atoms with Gasteiger partial charge in [0.2, 0.25) is 0 Å². The minimum Gasteiger partial charge on any atom is -0.469 e. The van der Waals surface area contributed by atoms with E-state index in [1.54, 1.807) is 0 Å². The second-order valence-corrected chi connectivity index (χ2v) is 12.7. The second kappa shape index (κ2) is 8.62. The highest BCUT2D eigenvalue weighted by Crippen LogP contribution is 2.45. The summed E-state index contributed by atoms with van der Waals surface area (Å²) in [6, 6.07) is 20.4. The molecule has 3 rings (SSSR count). The molecule has 2 aromatic carbocycles. The van der Waals surface area contributed by atoms with E-state index in [9.17, 15) is 9.59 Å². The summed E-state index contributed by atoms with van der Waals surface area (Å²) >= 11 is 0. The van der Waals surface area contributed by atoms with Gasteiger partial charge in [-0.3, -0.25) is 4.79 Å². The van der Waals surface area contributed by atoms with Gasteiger partial charge >= 0.3 is 5.97 Å². The summed E-state index contributed by atoms with van der Waals surface area (Å²) in [5.74, 6) is 0.503. The van der Waals surface area contributed by atoms with Crippen molar-refractivity contribution in [2.24, 2.45) is 11.8 Å². The van der Waals surface area contributed by atoms with Crippen molar-refractivity contribution in [2.45, 2.75) is 51.0 Å². The molecule has 0 aromatic heterocycles. The molecule has 1 aliphatic rings. The lowest BCUT2D eigenvalue weighted by molar-refractivity contribution is -0.146. The van der Waals surface area contributed by atoms with Crippen molar-refractivity contribution in [3.8, 4) is 0 Å². The molecule has 0 saturated heterocycles. The number of carbonyl (C=O) groups is 1. The van der Waals surface area contributed by atoms with Crippen molar-refractivity contribution in [3.05, 3.63) is 60.7 Å². The Labute approximate surface area is 169 Å². The first kappa shape index (κ1) is 20.8. The highest BCUT2D eigenvalue weighted by molar-refractivity contribution is 6.98. The third-order valence-electron chi connectivity index (χ3n) is 6.54. The summed E-state index contributed by atoms with van der Waals surface area (Å²) in [5, 5.41) is 1.90. The van der Waals surface area contributed by atoms with Crippen molar-refractivity contribution in [1.82, 2.24) is 0 Å². The van der Waals surface area contributed by atoms with E-state index in [2.05, 4.69) is 38.1 Å². The lowest BCUT2D eigenvalue weighted by Gasteiger charge is -2.44. The van der Waals surface area contributed by atoms with Crippen LogP contribution in [0, 0.1) is 11.8 Å². The van der Waals surface area contributed by atoms with Crippen molar-refractivity contribution in [3.63, 3.8) is 0 Å². The maximum atomic E-state index is 12.3. The average Bonchev–Trinajstić information content (AvgIpc) is 2.74. The van der Waals surface area contributed by atoms with E-state index in [0.717, 1.165) is 42.5 Å². The Morgan fingerprint density at radius 3 is 1.86 bits per heavy atom. The van der Waals surface area contributed by atoms with E-state index in [-0.39, 0.29) is 16.9 Å². The summed E-state index contributed by atoms with van der Waals surface area (Å²) in [4.78, 5) is 24.1. The van der Waals surface area contributed by atoms with E-state index < -0.39 is 8.32 Å². The van der Waals surface area contributed by atoms with Crippen molar-refractivity contribution < 1.29 is 14.3 Å². The second-order valence-electron chi connectivity index (χ2n) is 8.77. The Morgan fingerprint density at radius 2 is 1.43 bits per heavy atom. The number of hydrogen-bond donors (Lipinski definition) is 1. The minimum atomic E-state index is -2.95. The summed E-state index contributed by atoms with van der Waals surface area (Å²) < 4.78 is 4.92. The molecular weight excluding hydrogens is 364 g/mol. The van der Waals surface area contributed by atoms with E-state index in [1.807, 2.05) is 36.4 Å². The fraction of sp³-hybridized carbons (Fsp3) is 0.458. The fourth-order valence-corrected chi connectivity index (χ4v) is 8.78. The van der Waals surface area contributed by atoms with Crippen LogP contribution >= 0.6 is 0 Å². The van der Waals surface area contributed by atoms with Gasteiger partial charge in [-0.2, -0.15) is 0 Å². The third-order valence-corrected chi connectivity index (χ3v) is 11.0. The monoisotopic (exact) mass is 396 g/mol. The number of benzene rings is 2. The highest BCUT2D eigenvalue weighted by Gasteiger charge is 2.50. The van der Waals surface area contributed by atoms with Crippen LogP contribution in [0.25, 0.3) is 0 Å².